The van der Waals surface area contributed by atoms with Gasteiger partial charge in [0.05, 0.1) is 5.52 Å². The molecule has 0 bridgehead atoms. The summed E-state index contributed by atoms with van der Waals surface area (Å²) in [6.07, 6.45) is 0.0358. The Morgan fingerprint density at radius 1 is 1.42 bits per heavy atom. The first-order valence-electron chi connectivity index (χ1n) is 5.46. The Labute approximate surface area is 143 Å². The Balaban J connectivity index is 0.00000180. The Bertz CT molecular complexity index is 606. The Morgan fingerprint density at radius 2 is 2.16 bits per heavy atom. The van der Waals surface area contributed by atoms with Gasteiger partial charge < -0.3 is 9.90 Å². The van der Waals surface area contributed by atoms with Crippen molar-refractivity contribution in [2.75, 3.05) is 5.75 Å². The quantitative estimate of drug-likeness (QED) is 0.561. The monoisotopic (exact) mass is 303 g/mol. The first-order chi connectivity index (χ1) is 8.56. The molecule has 1 aromatic heterocycles. The first-order valence-corrected chi connectivity index (χ1v) is 6.82. The number of halogens is 1. The van der Waals surface area contributed by atoms with Gasteiger partial charge in [0.25, 0.3) is 0 Å². The molecule has 0 spiro atoms. The molecule has 0 aliphatic heterocycles. The molecule has 0 saturated heterocycles. The standard InChI is InChI=1S/C13H12ClNO2S.Na/c1-8-6-12(18-5-4-13(16)17)10-7-9(14)2-3-11(10)15-8;/h2-3,6-7H,4-5H2,1H3,(H,16,17);/q;+1/p-1. The summed E-state index contributed by atoms with van der Waals surface area (Å²) in [6.45, 7) is 1.91. The number of fused-ring (bicyclic) bond motifs is 1. The summed E-state index contributed by atoms with van der Waals surface area (Å²) in [7, 11) is 0. The fourth-order valence-electron chi connectivity index (χ4n) is 1.66. The van der Waals surface area contributed by atoms with Crippen molar-refractivity contribution in [1.29, 1.82) is 0 Å². The molecule has 0 aliphatic carbocycles. The minimum Gasteiger partial charge on any atom is -0.550 e. The molecule has 94 valence electrons. The van der Waals surface area contributed by atoms with E-state index in [1.807, 2.05) is 25.1 Å². The Morgan fingerprint density at radius 3 is 2.84 bits per heavy atom. The van der Waals surface area contributed by atoms with Crippen LogP contribution in [0.5, 0.6) is 0 Å². The number of carbonyl (C=O) groups is 1. The van der Waals surface area contributed by atoms with E-state index < -0.39 is 5.97 Å². The maximum Gasteiger partial charge on any atom is 1.00 e. The maximum absolute atomic E-state index is 10.4. The van der Waals surface area contributed by atoms with Crippen LogP contribution >= 0.6 is 23.4 Å². The van der Waals surface area contributed by atoms with E-state index in [1.165, 1.54) is 11.8 Å². The molecule has 3 nitrogen and oxygen atoms in total. The van der Waals surface area contributed by atoms with Crippen LogP contribution in [-0.4, -0.2) is 16.7 Å². The minimum atomic E-state index is -1.03. The van der Waals surface area contributed by atoms with Gasteiger partial charge in [-0.1, -0.05) is 11.6 Å². The van der Waals surface area contributed by atoms with Gasteiger partial charge in [0.15, 0.2) is 0 Å². The van der Waals surface area contributed by atoms with Crippen LogP contribution in [0.4, 0.5) is 0 Å². The van der Waals surface area contributed by atoms with E-state index in [0.717, 1.165) is 21.5 Å². The van der Waals surface area contributed by atoms with Gasteiger partial charge in [-0.3, -0.25) is 4.98 Å². The van der Waals surface area contributed by atoms with Crippen molar-refractivity contribution < 1.29 is 39.5 Å². The number of carboxylic acids is 1. The summed E-state index contributed by atoms with van der Waals surface area (Å²) in [5.74, 6) is -0.552. The van der Waals surface area contributed by atoms with Gasteiger partial charge in [0.1, 0.15) is 0 Å². The molecule has 0 radical (unpaired) electrons. The molecule has 2 aromatic rings. The number of rotatable bonds is 4. The molecule has 1 aromatic carbocycles. The average Bonchev–Trinajstić information content (AvgIpc) is 2.29. The van der Waals surface area contributed by atoms with Crippen molar-refractivity contribution in [3.05, 3.63) is 35.0 Å². The first kappa shape index (κ1) is 16.8. The van der Waals surface area contributed by atoms with Crippen LogP contribution in [0.1, 0.15) is 12.1 Å². The molecule has 0 fully saturated rings. The largest absolute Gasteiger partial charge is 1.00 e. The fraction of sp³-hybridized carbons (Fsp3) is 0.231. The molecule has 19 heavy (non-hydrogen) atoms. The number of aryl methyl sites for hydroxylation is 1. The third-order valence-corrected chi connectivity index (χ3v) is 3.72. The van der Waals surface area contributed by atoms with Crippen LogP contribution in [0.15, 0.2) is 29.2 Å². The summed E-state index contributed by atoms with van der Waals surface area (Å²) in [4.78, 5) is 15.8. The summed E-state index contributed by atoms with van der Waals surface area (Å²) in [5, 5.41) is 12.0. The zero-order valence-corrected chi connectivity index (χ0v) is 14.3. The third-order valence-electron chi connectivity index (χ3n) is 2.42. The zero-order valence-electron chi connectivity index (χ0n) is 10.8. The fourth-order valence-corrected chi connectivity index (χ4v) is 2.89. The van der Waals surface area contributed by atoms with Gasteiger partial charge in [-0.15, -0.1) is 11.8 Å². The van der Waals surface area contributed by atoms with Gasteiger partial charge in [-0.2, -0.15) is 0 Å². The summed E-state index contributed by atoms with van der Waals surface area (Å²) in [6, 6.07) is 7.46. The van der Waals surface area contributed by atoms with Crippen molar-refractivity contribution in [3.63, 3.8) is 0 Å². The van der Waals surface area contributed by atoms with Gasteiger partial charge in [0.2, 0.25) is 0 Å². The predicted octanol–water partition coefficient (Wildman–Crippen LogP) is -0.567. The number of carboxylic acid groups (broad SMARTS) is 1. The summed E-state index contributed by atoms with van der Waals surface area (Å²) >= 11 is 7.46. The minimum absolute atomic E-state index is 0. The summed E-state index contributed by atoms with van der Waals surface area (Å²) < 4.78 is 0. The van der Waals surface area contributed by atoms with E-state index in [9.17, 15) is 9.90 Å². The van der Waals surface area contributed by atoms with E-state index >= 15 is 0 Å². The van der Waals surface area contributed by atoms with Crippen LogP contribution in [0.2, 0.25) is 5.02 Å². The van der Waals surface area contributed by atoms with E-state index in [0.29, 0.717) is 10.8 Å². The van der Waals surface area contributed by atoms with E-state index in [1.54, 1.807) is 6.07 Å². The van der Waals surface area contributed by atoms with E-state index in [-0.39, 0.29) is 36.0 Å². The van der Waals surface area contributed by atoms with Gasteiger partial charge in [0, 0.05) is 32.7 Å². The Kier molecular flexibility index (Phi) is 6.63. The topological polar surface area (TPSA) is 53.0 Å². The van der Waals surface area contributed by atoms with Crippen molar-refractivity contribution >= 4 is 40.2 Å². The smallest absolute Gasteiger partial charge is 0.550 e. The number of aromatic nitrogens is 1. The second kappa shape index (κ2) is 7.50. The number of hydrogen-bond acceptors (Lipinski definition) is 4. The predicted molar refractivity (Wildman–Crippen MR) is 71.8 cm³/mol. The van der Waals surface area contributed by atoms with Crippen molar-refractivity contribution in [2.45, 2.75) is 18.2 Å². The van der Waals surface area contributed by atoms with Crippen molar-refractivity contribution in [3.8, 4) is 0 Å². The second-order valence-corrected chi connectivity index (χ2v) is 5.47. The maximum atomic E-state index is 10.4. The van der Waals surface area contributed by atoms with Crippen LogP contribution in [0.3, 0.4) is 0 Å². The molecule has 0 atom stereocenters. The Hall–Kier alpha value is -0.260. The molecule has 1 heterocycles. The number of thioether (sulfide) groups is 1. The van der Waals surface area contributed by atoms with Crippen LogP contribution in [0.25, 0.3) is 10.9 Å². The average molecular weight is 304 g/mol. The van der Waals surface area contributed by atoms with Crippen LogP contribution < -0.4 is 34.7 Å². The number of hydrogen-bond donors (Lipinski definition) is 0. The molecule has 0 N–H and O–H groups in total. The van der Waals surface area contributed by atoms with E-state index in [4.69, 9.17) is 11.6 Å². The van der Waals surface area contributed by atoms with Gasteiger partial charge in [-0.25, -0.2) is 0 Å². The molecule has 2 rings (SSSR count). The number of aliphatic carboxylic acids is 1. The third kappa shape index (κ3) is 4.65. The van der Waals surface area contributed by atoms with E-state index in [2.05, 4.69) is 4.98 Å². The molecular weight excluding hydrogens is 293 g/mol. The molecule has 0 aliphatic rings. The zero-order chi connectivity index (χ0) is 13.1. The second-order valence-electron chi connectivity index (χ2n) is 3.89. The van der Waals surface area contributed by atoms with Gasteiger partial charge >= 0.3 is 29.6 Å². The number of pyridine rings is 1. The number of carbonyl (C=O) groups excluding carboxylic acids is 1. The summed E-state index contributed by atoms with van der Waals surface area (Å²) in [5.41, 5.74) is 1.77. The SMILES string of the molecule is Cc1cc(SCCC(=O)[O-])c2cc(Cl)ccc2n1.[Na+]. The molecule has 0 unspecified atom stereocenters. The molecule has 0 saturated carbocycles. The van der Waals surface area contributed by atoms with Crippen molar-refractivity contribution in [1.82, 2.24) is 4.98 Å². The van der Waals surface area contributed by atoms with Crippen LogP contribution in [0, 0.1) is 6.92 Å². The van der Waals surface area contributed by atoms with Crippen molar-refractivity contribution in [2.24, 2.45) is 0 Å². The molecule has 0 amide bonds. The molecule has 6 heteroatoms. The van der Waals surface area contributed by atoms with Gasteiger partial charge in [-0.05, 0) is 37.6 Å². The number of benzene rings is 1. The molecular formula is C13H11ClNNaO2S. The van der Waals surface area contributed by atoms with Crippen LogP contribution in [-0.2, 0) is 4.79 Å². The normalized spacial score (nSPS) is 10.2. The number of nitrogens with zero attached hydrogens (tertiary/aromatic N) is 1.